The lowest BCUT2D eigenvalue weighted by atomic mass is 9.99. The first-order valence-corrected chi connectivity index (χ1v) is 11.2. The van der Waals surface area contributed by atoms with Crippen LogP contribution in [0.5, 0.6) is 5.75 Å². The molecule has 0 N–H and O–H groups in total. The van der Waals surface area contributed by atoms with Crippen LogP contribution in [0.4, 0.5) is 5.13 Å². The molecule has 0 spiro atoms. The van der Waals surface area contributed by atoms with E-state index in [1.54, 1.807) is 18.4 Å². The van der Waals surface area contributed by atoms with E-state index in [-0.39, 0.29) is 6.04 Å². The topological polar surface area (TPSA) is 37.7 Å². The Morgan fingerprint density at radius 2 is 1.65 bits per heavy atom. The van der Waals surface area contributed by atoms with Crippen LogP contribution in [0.25, 0.3) is 11.3 Å². The number of thiazole rings is 1. The van der Waals surface area contributed by atoms with Crippen molar-refractivity contribution in [2.24, 2.45) is 5.10 Å². The first kappa shape index (κ1) is 19.8. The summed E-state index contributed by atoms with van der Waals surface area (Å²) in [5.41, 5.74) is 5.33. The van der Waals surface area contributed by atoms with Crippen molar-refractivity contribution in [3.63, 3.8) is 0 Å². The van der Waals surface area contributed by atoms with Gasteiger partial charge in [-0.2, -0.15) is 5.10 Å². The quantitative estimate of drug-likeness (QED) is 0.338. The van der Waals surface area contributed by atoms with E-state index < -0.39 is 0 Å². The van der Waals surface area contributed by atoms with Gasteiger partial charge in [0.2, 0.25) is 5.13 Å². The molecule has 3 aromatic carbocycles. The van der Waals surface area contributed by atoms with Gasteiger partial charge in [0, 0.05) is 22.4 Å². The molecule has 1 aliphatic rings. The van der Waals surface area contributed by atoms with Gasteiger partial charge in [-0.05, 0) is 47.5 Å². The predicted molar refractivity (Wildman–Crippen MR) is 128 cm³/mol. The third kappa shape index (κ3) is 4.07. The molecule has 1 atom stereocenters. The molecule has 31 heavy (non-hydrogen) atoms. The normalized spacial score (nSPS) is 15.7. The fourth-order valence-electron chi connectivity index (χ4n) is 3.70. The van der Waals surface area contributed by atoms with E-state index in [1.165, 1.54) is 5.56 Å². The summed E-state index contributed by atoms with van der Waals surface area (Å²) in [6.45, 7) is 0. The number of hydrogen-bond acceptors (Lipinski definition) is 5. The summed E-state index contributed by atoms with van der Waals surface area (Å²) >= 11 is 7.69. The second-order valence-corrected chi connectivity index (χ2v) is 8.55. The average molecular weight is 446 g/mol. The van der Waals surface area contributed by atoms with Crippen LogP contribution in [0, 0.1) is 0 Å². The number of anilines is 1. The summed E-state index contributed by atoms with van der Waals surface area (Å²) < 4.78 is 5.26. The van der Waals surface area contributed by atoms with Gasteiger partial charge in [-0.3, -0.25) is 0 Å². The number of aromatic nitrogens is 1. The molecule has 0 amide bonds. The van der Waals surface area contributed by atoms with E-state index in [1.807, 2.05) is 54.6 Å². The molecular formula is C25H20ClN3OS. The van der Waals surface area contributed by atoms with Gasteiger partial charge in [0.1, 0.15) is 5.75 Å². The monoisotopic (exact) mass is 445 g/mol. The molecule has 6 heteroatoms. The highest BCUT2D eigenvalue weighted by Gasteiger charge is 2.31. The Bertz CT molecular complexity index is 1200. The summed E-state index contributed by atoms with van der Waals surface area (Å²) in [6, 6.07) is 26.4. The van der Waals surface area contributed by atoms with Gasteiger partial charge in [0.25, 0.3) is 0 Å². The van der Waals surface area contributed by atoms with Crippen LogP contribution < -0.4 is 9.75 Å². The van der Waals surface area contributed by atoms with E-state index in [4.69, 9.17) is 26.4 Å². The second-order valence-electron chi connectivity index (χ2n) is 7.27. The Balaban J connectivity index is 1.50. The van der Waals surface area contributed by atoms with Crippen molar-refractivity contribution >= 4 is 33.8 Å². The number of ether oxygens (including phenoxy) is 1. The Morgan fingerprint density at radius 1 is 0.935 bits per heavy atom. The van der Waals surface area contributed by atoms with Crippen LogP contribution >= 0.6 is 22.9 Å². The van der Waals surface area contributed by atoms with Crippen molar-refractivity contribution in [2.75, 3.05) is 12.1 Å². The van der Waals surface area contributed by atoms with Gasteiger partial charge in [-0.1, -0.05) is 54.1 Å². The average Bonchev–Trinajstić information content (AvgIpc) is 3.48. The van der Waals surface area contributed by atoms with E-state index in [2.05, 4.69) is 34.7 Å². The van der Waals surface area contributed by atoms with Crippen molar-refractivity contribution in [2.45, 2.75) is 12.5 Å². The van der Waals surface area contributed by atoms with E-state index in [0.717, 1.165) is 44.9 Å². The molecule has 4 nitrogen and oxygen atoms in total. The maximum atomic E-state index is 6.08. The minimum atomic E-state index is 0.0988. The lowest BCUT2D eigenvalue weighted by Gasteiger charge is -2.21. The number of hydrogen-bond donors (Lipinski definition) is 0. The summed E-state index contributed by atoms with van der Waals surface area (Å²) in [5.74, 6) is 0.833. The molecule has 2 heterocycles. The van der Waals surface area contributed by atoms with Gasteiger partial charge in [0.15, 0.2) is 0 Å². The maximum Gasteiger partial charge on any atom is 0.207 e. The minimum Gasteiger partial charge on any atom is -0.497 e. The molecule has 4 aromatic rings. The molecule has 5 rings (SSSR count). The number of hydrazone groups is 1. The first-order chi connectivity index (χ1) is 15.2. The molecular weight excluding hydrogens is 426 g/mol. The predicted octanol–water partition coefficient (Wildman–Crippen LogP) is 6.83. The Kier molecular flexibility index (Phi) is 5.45. The Labute approximate surface area is 190 Å². The fourth-order valence-corrected chi connectivity index (χ4v) is 4.66. The van der Waals surface area contributed by atoms with Crippen molar-refractivity contribution in [1.29, 1.82) is 0 Å². The van der Waals surface area contributed by atoms with Crippen LogP contribution in [0.1, 0.15) is 23.6 Å². The van der Waals surface area contributed by atoms with Gasteiger partial charge < -0.3 is 4.74 Å². The molecule has 0 bridgehead atoms. The highest BCUT2D eigenvalue weighted by atomic mass is 35.5. The van der Waals surface area contributed by atoms with Gasteiger partial charge in [-0.15, -0.1) is 11.3 Å². The Morgan fingerprint density at radius 3 is 2.35 bits per heavy atom. The molecule has 1 aliphatic heterocycles. The van der Waals surface area contributed by atoms with Gasteiger partial charge >= 0.3 is 0 Å². The molecule has 1 aromatic heterocycles. The SMILES string of the molecule is COc1ccc(-c2csc(N3N=C(c4ccc(Cl)cc4)CC3c3ccccc3)n2)cc1. The second kappa shape index (κ2) is 8.53. The smallest absolute Gasteiger partial charge is 0.207 e. The van der Waals surface area contributed by atoms with E-state index >= 15 is 0 Å². The number of nitrogens with zero attached hydrogens (tertiary/aromatic N) is 3. The zero-order chi connectivity index (χ0) is 21.2. The lowest BCUT2D eigenvalue weighted by molar-refractivity contribution is 0.415. The van der Waals surface area contributed by atoms with Crippen molar-refractivity contribution < 1.29 is 4.74 Å². The van der Waals surface area contributed by atoms with E-state index in [9.17, 15) is 0 Å². The molecule has 154 valence electrons. The van der Waals surface area contributed by atoms with Crippen LogP contribution in [0.15, 0.2) is 89.3 Å². The van der Waals surface area contributed by atoms with Crippen molar-refractivity contribution in [1.82, 2.24) is 4.98 Å². The summed E-state index contributed by atoms with van der Waals surface area (Å²) in [7, 11) is 1.67. The van der Waals surface area contributed by atoms with Crippen LogP contribution in [-0.4, -0.2) is 17.8 Å². The van der Waals surface area contributed by atoms with Crippen LogP contribution in [0.2, 0.25) is 5.02 Å². The van der Waals surface area contributed by atoms with Crippen LogP contribution in [-0.2, 0) is 0 Å². The largest absolute Gasteiger partial charge is 0.497 e. The van der Waals surface area contributed by atoms with E-state index in [0.29, 0.717) is 0 Å². The third-order valence-corrected chi connectivity index (χ3v) is 6.43. The highest BCUT2D eigenvalue weighted by Crippen LogP contribution is 2.39. The third-order valence-electron chi connectivity index (χ3n) is 5.35. The number of benzene rings is 3. The highest BCUT2D eigenvalue weighted by molar-refractivity contribution is 7.14. The Hall–Kier alpha value is -3.15. The summed E-state index contributed by atoms with van der Waals surface area (Å²) in [6.07, 6.45) is 0.809. The number of rotatable bonds is 5. The molecule has 0 radical (unpaired) electrons. The van der Waals surface area contributed by atoms with Crippen molar-refractivity contribution in [3.8, 4) is 17.0 Å². The van der Waals surface area contributed by atoms with Gasteiger partial charge in [0.05, 0.1) is 24.6 Å². The summed E-state index contributed by atoms with van der Waals surface area (Å²) in [4.78, 5) is 4.91. The minimum absolute atomic E-state index is 0.0988. The van der Waals surface area contributed by atoms with Gasteiger partial charge in [-0.25, -0.2) is 9.99 Å². The number of methoxy groups -OCH3 is 1. The lowest BCUT2D eigenvalue weighted by Crippen LogP contribution is -2.18. The molecule has 0 aliphatic carbocycles. The maximum absolute atomic E-state index is 6.08. The molecule has 0 saturated carbocycles. The zero-order valence-corrected chi connectivity index (χ0v) is 18.5. The van der Waals surface area contributed by atoms with Crippen molar-refractivity contribution in [3.05, 3.63) is 100 Å². The molecule has 0 saturated heterocycles. The van der Waals surface area contributed by atoms with Crippen LogP contribution in [0.3, 0.4) is 0 Å². The first-order valence-electron chi connectivity index (χ1n) is 9.99. The fraction of sp³-hybridized carbons (Fsp3) is 0.120. The molecule has 1 unspecified atom stereocenters. The zero-order valence-electron chi connectivity index (χ0n) is 16.9. The molecule has 0 fully saturated rings. The standard InChI is InChI=1S/C25H20ClN3OS/c1-30-21-13-9-18(10-14-21)23-16-31-25(27-23)29-24(19-5-3-2-4-6-19)15-22(28-29)17-7-11-20(26)12-8-17/h2-14,16,24H,15H2,1H3. The summed E-state index contributed by atoms with van der Waals surface area (Å²) in [5, 5.41) is 10.7. The number of halogens is 1.